The maximum absolute atomic E-state index is 12.0. The predicted octanol–water partition coefficient (Wildman–Crippen LogP) is 1.42. The number of amides is 2. The molecule has 0 unspecified atom stereocenters. The van der Waals surface area contributed by atoms with Gasteiger partial charge in [-0.3, -0.25) is 25.1 Å². The molecule has 0 spiro atoms. The molecular formula is C18H24N4O3. The third-order valence-electron chi connectivity index (χ3n) is 4.19. The fourth-order valence-corrected chi connectivity index (χ4v) is 2.41. The van der Waals surface area contributed by atoms with Crippen molar-refractivity contribution >= 4 is 11.8 Å². The molecule has 2 rings (SSSR count). The van der Waals surface area contributed by atoms with Gasteiger partial charge in [0.2, 0.25) is 5.91 Å². The highest BCUT2D eigenvalue weighted by molar-refractivity contribution is 5.84. The van der Waals surface area contributed by atoms with E-state index in [0.29, 0.717) is 5.75 Å². The second-order valence-corrected chi connectivity index (χ2v) is 6.08. The van der Waals surface area contributed by atoms with Gasteiger partial charge in [0.15, 0.2) is 6.61 Å². The van der Waals surface area contributed by atoms with Crippen molar-refractivity contribution in [2.45, 2.75) is 34.1 Å². The Labute approximate surface area is 147 Å². The predicted molar refractivity (Wildman–Crippen MR) is 94.1 cm³/mol. The van der Waals surface area contributed by atoms with Crippen LogP contribution in [0.25, 0.3) is 0 Å². The molecule has 0 atom stereocenters. The summed E-state index contributed by atoms with van der Waals surface area (Å²) in [5, 5.41) is 4.26. The summed E-state index contributed by atoms with van der Waals surface area (Å²) in [6.45, 7) is 7.57. The molecule has 0 saturated carbocycles. The number of hydrazine groups is 1. The van der Waals surface area contributed by atoms with Crippen LogP contribution in [0.4, 0.5) is 0 Å². The number of ether oxygens (including phenoxy) is 1. The van der Waals surface area contributed by atoms with Crippen LogP contribution in [0.2, 0.25) is 0 Å². The first kappa shape index (κ1) is 18.5. The average molecular weight is 344 g/mol. The molecule has 1 heterocycles. The maximum atomic E-state index is 12.0. The van der Waals surface area contributed by atoms with E-state index in [2.05, 4.69) is 16.0 Å². The molecule has 0 aliphatic heterocycles. The number of aryl methyl sites for hydroxylation is 4. The molecule has 1 aromatic heterocycles. The summed E-state index contributed by atoms with van der Waals surface area (Å²) < 4.78 is 7.15. The number of aromatic nitrogens is 2. The van der Waals surface area contributed by atoms with Crippen molar-refractivity contribution in [3.63, 3.8) is 0 Å². The molecule has 7 heteroatoms. The Kier molecular flexibility index (Phi) is 5.80. The Morgan fingerprint density at radius 2 is 1.76 bits per heavy atom. The summed E-state index contributed by atoms with van der Waals surface area (Å²) in [6.07, 6.45) is 0.157. The lowest BCUT2D eigenvalue weighted by molar-refractivity contribution is -0.129. The SMILES string of the molecule is Cc1ccc(OCC(=O)NNC(=O)Cc2c(C)nn(C)c2C)cc1C. The second kappa shape index (κ2) is 7.83. The molecule has 0 saturated heterocycles. The zero-order valence-electron chi connectivity index (χ0n) is 15.3. The van der Waals surface area contributed by atoms with Gasteiger partial charge >= 0.3 is 0 Å². The van der Waals surface area contributed by atoms with Crippen LogP contribution >= 0.6 is 0 Å². The van der Waals surface area contributed by atoms with Crippen molar-refractivity contribution in [3.05, 3.63) is 46.3 Å². The van der Waals surface area contributed by atoms with Gasteiger partial charge in [-0.15, -0.1) is 0 Å². The van der Waals surface area contributed by atoms with Crippen LogP contribution < -0.4 is 15.6 Å². The highest BCUT2D eigenvalue weighted by Crippen LogP contribution is 2.16. The van der Waals surface area contributed by atoms with Crippen LogP contribution in [-0.4, -0.2) is 28.2 Å². The highest BCUT2D eigenvalue weighted by atomic mass is 16.5. The Bertz CT molecular complexity index is 796. The van der Waals surface area contributed by atoms with Gasteiger partial charge in [-0.25, -0.2) is 0 Å². The van der Waals surface area contributed by atoms with Crippen molar-refractivity contribution in [3.8, 4) is 5.75 Å². The normalized spacial score (nSPS) is 10.4. The molecule has 25 heavy (non-hydrogen) atoms. The number of rotatable bonds is 5. The Morgan fingerprint density at radius 1 is 1.08 bits per heavy atom. The number of benzene rings is 1. The topological polar surface area (TPSA) is 85.2 Å². The zero-order chi connectivity index (χ0) is 18.6. The van der Waals surface area contributed by atoms with Gasteiger partial charge in [-0.2, -0.15) is 5.10 Å². The van der Waals surface area contributed by atoms with Crippen LogP contribution in [-0.2, 0) is 23.1 Å². The van der Waals surface area contributed by atoms with Gasteiger partial charge in [0, 0.05) is 18.3 Å². The van der Waals surface area contributed by atoms with E-state index in [1.165, 1.54) is 0 Å². The summed E-state index contributed by atoms with van der Waals surface area (Å²) in [7, 11) is 1.83. The second-order valence-electron chi connectivity index (χ2n) is 6.08. The number of nitrogens with one attached hydrogen (secondary N) is 2. The largest absolute Gasteiger partial charge is 0.484 e. The van der Waals surface area contributed by atoms with E-state index < -0.39 is 5.91 Å². The third-order valence-corrected chi connectivity index (χ3v) is 4.19. The molecule has 2 aromatic rings. The molecule has 2 amide bonds. The van der Waals surface area contributed by atoms with Crippen molar-refractivity contribution in [1.29, 1.82) is 0 Å². The third kappa shape index (κ3) is 4.82. The van der Waals surface area contributed by atoms with E-state index in [0.717, 1.165) is 28.1 Å². The Morgan fingerprint density at radius 3 is 2.36 bits per heavy atom. The minimum atomic E-state index is -0.425. The van der Waals surface area contributed by atoms with E-state index in [9.17, 15) is 9.59 Å². The van der Waals surface area contributed by atoms with Gasteiger partial charge in [0.25, 0.3) is 5.91 Å². The molecule has 134 valence electrons. The first-order valence-electron chi connectivity index (χ1n) is 8.04. The number of hydrogen-bond donors (Lipinski definition) is 2. The minimum absolute atomic E-state index is 0.157. The van der Waals surface area contributed by atoms with E-state index in [1.807, 2.05) is 52.9 Å². The highest BCUT2D eigenvalue weighted by Gasteiger charge is 2.14. The molecule has 0 aliphatic carbocycles. The minimum Gasteiger partial charge on any atom is -0.484 e. The summed E-state index contributed by atoms with van der Waals surface area (Å²) in [6, 6.07) is 5.61. The zero-order valence-corrected chi connectivity index (χ0v) is 15.3. The van der Waals surface area contributed by atoms with Crippen LogP contribution in [0.5, 0.6) is 5.75 Å². The van der Waals surface area contributed by atoms with Crippen LogP contribution in [0.15, 0.2) is 18.2 Å². The molecule has 7 nitrogen and oxygen atoms in total. The van der Waals surface area contributed by atoms with Crippen molar-refractivity contribution < 1.29 is 14.3 Å². The summed E-state index contributed by atoms with van der Waals surface area (Å²) in [5.41, 5.74) is 9.59. The van der Waals surface area contributed by atoms with Gasteiger partial charge < -0.3 is 4.74 Å². The monoisotopic (exact) mass is 344 g/mol. The number of carbonyl (C=O) groups excluding carboxylic acids is 2. The molecule has 0 radical (unpaired) electrons. The van der Waals surface area contributed by atoms with Crippen molar-refractivity contribution in [1.82, 2.24) is 20.6 Å². The fraction of sp³-hybridized carbons (Fsp3) is 0.389. The Balaban J connectivity index is 1.79. The van der Waals surface area contributed by atoms with E-state index in [4.69, 9.17) is 4.74 Å². The van der Waals surface area contributed by atoms with E-state index in [-0.39, 0.29) is 18.9 Å². The molecular weight excluding hydrogens is 320 g/mol. The summed E-state index contributed by atoms with van der Waals surface area (Å²) in [5.74, 6) is -0.115. The number of nitrogens with zero attached hydrogens (tertiary/aromatic N) is 2. The van der Waals surface area contributed by atoms with Crippen LogP contribution in [0.1, 0.15) is 28.1 Å². The summed E-state index contributed by atoms with van der Waals surface area (Å²) in [4.78, 5) is 23.8. The maximum Gasteiger partial charge on any atom is 0.276 e. The van der Waals surface area contributed by atoms with E-state index >= 15 is 0 Å². The smallest absolute Gasteiger partial charge is 0.276 e. The van der Waals surface area contributed by atoms with Gasteiger partial charge in [-0.1, -0.05) is 6.07 Å². The molecule has 0 bridgehead atoms. The molecule has 2 N–H and O–H groups in total. The number of carbonyl (C=O) groups is 2. The first-order chi connectivity index (χ1) is 11.8. The van der Waals surface area contributed by atoms with Crippen LogP contribution in [0, 0.1) is 27.7 Å². The lowest BCUT2D eigenvalue weighted by Gasteiger charge is -2.10. The lowest BCUT2D eigenvalue weighted by atomic mass is 10.1. The molecule has 0 aliphatic rings. The molecule has 0 fully saturated rings. The quantitative estimate of drug-likeness (QED) is 0.804. The lowest BCUT2D eigenvalue weighted by Crippen LogP contribution is -2.44. The number of hydrogen-bond acceptors (Lipinski definition) is 4. The average Bonchev–Trinajstić information content (AvgIpc) is 2.80. The molecule has 1 aromatic carbocycles. The van der Waals surface area contributed by atoms with Gasteiger partial charge in [0.1, 0.15) is 5.75 Å². The van der Waals surface area contributed by atoms with Gasteiger partial charge in [-0.05, 0) is 51.0 Å². The Hall–Kier alpha value is -2.83. The summed E-state index contributed by atoms with van der Waals surface area (Å²) >= 11 is 0. The van der Waals surface area contributed by atoms with E-state index in [1.54, 1.807) is 4.68 Å². The van der Waals surface area contributed by atoms with Gasteiger partial charge in [0.05, 0.1) is 12.1 Å². The first-order valence-corrected chi connectivity index (χ1v) is 8.04. The van der Waals surface area contributed by atoms with Crippen molar-refractivity contribution in [2.24, 2.45) is 7.05 Å². The standard InChI is InChI=1S/C18H24N4O3/c1-11-6-7-15(8-12(11)2)25-10-18(24)20-19-17(23)9-16-13(3)21-22(5)14(16)4/h6-8H,9-10H2,1-5H3,(H,19,23)(H,20,24). The van der Waals surface area contributed by atoms with Crippen molar-refractivity contribution in [2.75, 3.05) is 6.61 Å². The van der Waals surface area contributed by atoms with Crippen LogP contribution in [0.3, 0.4) is 0 Å². The fourth-order valence-electron chi connectivity index (χ4n) is 2.41.